The first-order valence-corrected chi connectivity index (χ1v) is 4.78. The lowest BCUT2D eigenvalue weighted by atomic mass is 10.0. The van der Waals surface area contributed by atoms with E-state index in [0.717, 1.165) is 11.3 Å². The molecule has 2 heteroatoms. The van der Waals surface area contributed by atoms with Gasteiger partial charge in [-0.2, -0.15) is 0 Å². The fraction of sp³-hybridized carbons (Fsp3) is 0.417. The van der Waals surface area contributed by atoms with Crippen LogP contribution in [0.3, 0.4) is 0 Å². The standard InChI is InChI=1S/C12H17NO/c1-9(14)10-7-5-6-8-11(10)13-12(2,3)4/h5-8,13H,1-4H3. The molecular weight excluding hydrogens is 174 g/mol. The molecule has 1 aromatic rings. The van der Waals surface area contributed by atoms with Crippen LogP contribution in [-0.4, -0.2) is 11.3 Å². The second kappa shape index (κ2) is 3.82. The molecule has 0 heterocycles. The summed E-state index contributed by atoms with van der Waals surface area (Å²) < 4.78 is 0. The minimum absolute atomic E-state index is 0.0223. The average molecular weight is 191 g/mol. The van der Waals surface area contributed by atoms with Gasteiger partial charge in [0.25, 0.3) is 0 Å². The molecule has 0 aliphatic heterocycles. The van der Waals surface area contributed by atoms with Crippen molar-refractivity contribution in [1.82, 2.24) is 0 Å². The first kappa shape index (κ1) is 10.8. The first-order chi connectivity index (χ1) is 6.40. The van der Waals surface area contributed by atoms with Gasteiger partial charge in [0.05, 0.1) is 0 Å². The van der Waals surface area contributed by atoms with E-state index < -0.39 is 0 Å². The number of Topliss-reactive ketones (excluding diaryl/α,β-unsaturated/α-hetero) is 1. The van der Waals surface area contributed by atoms with E-state index in [9.17, 15) is 4.79 Å². The highest BCUT2D eigenvalue weighted by atomic mass is 16.1. The largest absolute Gasteiger partial charge is 0.380 e. The molecule has 0 radical (unpaired) electrons. The van der Waals surface area contributed by atoms with Gasteiger partial charge in [-0.25, -0.2) is 0 Å². The quantitative estimate of drug-likeness (QED) is 0.728. The van der Waals surface area contributed by atoms with Gasteiger partial charge in [0.2, 0.25) is 0 Å². The molecule has 1 N–H and O–H groups in total. The van der Waals surface area contributed by atoms with Crippen molar-refractivity contribution in [2.24, 2.45) is 0 Å². The predicted molar refractivity (Wildman–Crippen MR) is 59.8 cm³/mol. The van der Waals surface area contributed by atoms with E-state index in [4.69, 9.17) is 0 Å². The molecule has 0 aliphatic rings. The Bertz CT molecular complexity index is 336. The van der Waals surface area contributed by atoms with Gasteiger partial charge in [-0.1, -0.05) is 12.1 Å². The molecule has 1 rings (SSSR count). The summed E-state index contributed by atoms with van der Waals surface area (Å²) in [6.45, 7) is 7.81. The number of hydrogen-bond acceptors (Lipinski definition) is 2. The number of anilines is 1. The Labute approximate surface area is 85.3 Å². The molecule has 0 saturated carbocycles. The number of carbonyl (C=O) groups is 1. The molecule has 76 valence electrons. The zero-order valence-electron chi connectivity index (χ0n) is 9.22. The molecule has 0 amide bonds. The number of ketones is 1. The number of benzene rings is 1. The van der Waals surface area contributed by atoms with Gasteiger partial charge >= 0.3 is 0 Å². The van der Waals surface area contributed by atoms with E-state index in [-0.39, 0.29) is 11.3 Å². The Morgan fingerprint density at radius 3 is 2.29 bits per heavy atom. The van der Waals surface area contributed by atoms with Gasteiger partial charge in [-0.05, 0) is 39.8 Å². The predicted octanol–water partition coefficient (Wildman–Crippen LogP) is 3.10. The van der Waals surface area contributed by atoms with E-state index >= 15 is 0 Å². The third-order valence-corrected chi connectivity index (χ3v) is 1.82. The van der Waals surface area contributed by atoms with Gasteiger partial charge in [0.1, 0.15) is 0 Å². The Morgan fingerprint density at radius 2 is 1.79 bits per heavy atom. The van der Waals surface area contributed by atoms with Crippen molar-refractivity contribution >= 4 is 11.5 Å². The van der Waals surface area contributed by atoms with Gasteiger partial charge in [-0.15, -0.1) is 0 Å². The molecule has 0 unspecified atom stereocenters. The fourth-order valence-corrected chi connectivity index (χ4v) is 1.30. The van der Waals surface area contributed by atoms with Crippen LogP contribution >= 0.6 is 0 Å². The summed E-state index contributed by atoms with van der Waals surface area (Å²) in [6, 6.07) is 7.59. The molecule has 0 aliphatic carbocycles. The lowest BCUT2D eigenvalue weighted by molar-refractivity contribution is 0.101. The first-order valence-electron chi connectivity index (χ1n) is 4.78. The smallest absolute Gasteiger partial charge is 0.161 e. The van der Waals surface area contributed by atoms with E-state index in [1.165, 1.54) is 0 Å². The van der Waals surface area contributed by atoms with E-state index in [1.807, 2.05) is 24.3 Å². The summed E-state index contributed by atoms with van der Waals surface area (Å²) in [4.78, 5) is 11.3. The molecule has 0 fully saturated rings. The molecule has 14 heavy (non-hydrogen) atoms. The van der Waals surface area contributed by atoms with E-state index in [2.05, 4.69) is 26.1 Å². The van der Waals surface area contributed by atoms with E-state index in [1.54, 1.807) is 6.92 Å². The van der Waals surface area contributed by atoms with Gasteiger partial charge < -0.3 is 5.32 Å². The van der Waals surface area contributed by atoms with Crippen LogP contribution in [0.2, 0.25) is 0 Å². The Kier molecular flexibility index (Phi) is 2.94. The summed E-state index contributed by atoms with van der Waals surface area (Å²) in [5, 5.41) is 3.31. The van der Waals surface area contributed by atoms with Crippen LogP contribution in [0.1, 0.15) is 38.1 Å². The summed E-state index contributed by atoms with van der Waals surface area (Å²) >= 11 is 0. The highest BCUT2D eigenvalue weighted by Gasteiger charge is 2.13. The number of rotatable bonds is 2. The zero-order valence-corrected chi connectivity index (χ0v) is 9.22. The molecular formula is C12H17NO. The van der Waals surface area contributed by atoms with Gasteiger partial charge in [0, 0.05) is 16.8 Å². The number of hydrogen-bond donors (Lipinski definition) is 1. The van der Waals surface area contributed by atoms with Crippen molar-refractivity contribution in [2.75, 3.05) is 5.32 Å². The summed E-state index contributed by atoms with van der Waals surface area (Å²) in [5.41, 5.74) is 1.64. The van der Waals surface area contributed by atoms with Crippen LogP contribution < -0.4 is 5.32 Å². The van der Waals surface area contributed by atoms with Crippen LogP contribution in [-0.2, 0) is 0 Å². The van der Waals surface area contributed by atoms with Crippen LogP contribution in [0.4, 0.5) is 5.69 Å². The van der Waals surface area contributed by atoms with Crippen molar-refractivity contribution in [1.29, 1.82) is 0 Å². The Morgan fingerprint density at radius 1 is 1.21 bits per heavy atom. The van der Waals surface area contributed by atoms with Crippen LogP contribution in [0.15, 0.2) is 24.3 Å². The third kappa shape index (κ3) is 2.87. The molecule has 2 nitrogen and oxygen atoms in total. The number of nitrogens with one attached hydrogen (secondary N) is 1. The van der Waals surface area contributed by atoms with Crippen molar-refractivity contribution in [3.8, 4) is 0 Å². The fourth-order valence-electron chi connectivity index (χ4n) is 1.30. The third-order valence-electron chi connectivity index (χ3n) is 1.82. The molecule has 0 saturated heterocycles. The van der Waals surface area contributed by atoms with Gasteiger partial charge in [-0.3, -0.25) is 4.79 Å². The maximum absolute atomic E-state index is 11.3. The topological polar surface area (TPSA) is 29.1 Å². The zero-order chi connectivity index (χ0) is 10.8. The Balaban J connectivity index is 3.02. The van der Waals surface area contributed by atoms with E-state index in [0.29, 0.717) is 0 Å². The SMILES string of the molecule is CC(=O)c1ccccc1NC(C)(C)C. The average Bonchev–Trinajstić information content (AvgIpc) is 2.01. The maximum Gasteiger partial charge on any atom is 0.161 e. The van der Waals surface area contributed by atoms with Crippen LogP contribution in [0.25, 0.3) is 0 Å². The van der Waals surface area contributed by atoms with Crippen molar-refractivity contribution < 1.29 is 4.79 Å². The molecule has 0 spiro atoms. The van der Waals surface area contributed by atoms with Crippen LogP contribution in [0, 0.1) is 0 Å². The maximum atomic E-state index is 11.3. The minimum Gasteiger partial charge on any atom is -0.380 e. The number of para-hydroxylation sites is 1. The lowest BCUT2D eigenvalue weighted by Crippen LogP contribution is -2.27. The normalized spacial score (nSPS) is 11.1. The lowest BCUT2D eigenvalue weighted by Gasteiger charge is -2.23. The highest BCUT2D eigenvalue weighted by molar-refractivity contribution is 5.99. The monoisotopic (exact) mass is 191 g/mol. The van der Waals surface area contributed by atoms with Crippen LogP contribution in [0.5, 0.6) is 0 Å². The second-order valence-corrected chi connectivity index (χ2v) is 4.48. The number of carbonyl (C=O) groups excluding carboxylic acids is 1. The van der Waals surface area contributed by atoms with Crippen molar-refractivity contribution in [3.63, 3.8) is 0 Å². The minimum atomic E-state index is -0.0223. The molecule has 1 aromatic carbocycles. The summed E-state index contributed by atoms with van der Waals surface area (Å²) in [5.74, 6) is 0.0948. The van der Waals surface area contributed by atoms with Gasteiger partial charge in [0.15, 0.2) is 5.78 Å². The summed E-state index contributed by atoms with van der Waals surface area (Å²) in [6.07, 6.45) is 0. The van der Waals surface area contributed by atoms with Crippen molar-refractivity contribution in [2.45, 2.75) is 33.2 Å². The molecule has 0 bridgehead atoms. The van der Waals surface area contributed by atoms with Crippen molar-refractivity contribution in [3.05, 3.63) is 29.8 Å². The Hall–Kier alpha value is -1.31. The molecule has 0 atom stereocenters. The summed E-state index contributed by atoms with van der Waals surface area (Å²) in [7, 11) is 0. The second-order valence-electron chi connectivity index (χ2n) is 4.48. The highest BCUT2D eigenvalue weighted by Crippen LogP contribution is 2.19. The molecule has 0 aromatic heterocycles.